The molecule has 1 saturated carbocycles. The fourth-order valence-electron chi connectivity index (χ4n) is 3.47. The Morgan fingerprint density at radius 3 is 2.43 bits per heavy atom. The minimum atomic E-state index is -0.267. The second kappa shape index (κ2) is 7.20. The summed E-state index contributed by atoms with van der Waals surface area (Å²) < 4.78 is 5.96. The lowest BCUT2D eigenvalue weighted by atomic mass is 9.82. The van der Waals surface area contributed by atoms with Gasteiger partial charge in [-0.1, -0.05) is 42.5 Å². The summed E-state index contributed by atoms with van der Waals surface area (Å²) in [6, 6.07) is 3.19. The van der Waals surface area contributed by atoms with Crippen LogP contribution in [0.2, 0.25) is 10.0 Å². The summed E-state index contributed by atoms with van der Waals surface area (Å²) in [6.45, 7) is 0. The normalized spacial score (nSPS) is 25.9. The lowest BCUT2D eigenvalue weighted by Crippen LogP contribution is -2.49. The number of hydrogen-bond acceptors (Lipinski definition) is 4. The van der Waals surface area contributed by atoms with Gasteiger partial charge in [0.25, 0.3) is 0 Å². The van der Waals surface area contributed by atoms with Gasteiger partial charge in [0.05, 0.1) is 16.1 Å². The number of nitrogen functional groups attached to an aromatic ring is 1. The predicted octanol–water partition coefficient (Wildman–Crippen LogP) is 4.66. The van der Waals surface area contributed by atoms with Crippen molar-refractivity contribution in [3.8, 4) is 5.75 Å². The zero-order valence-electron chi connectivity index (χ0n) is 12.9. The molecule has 0 spiro atoms. The Labute approximate surface area is 146 Å². The minimum Gasteiger partial charge on any atom is -0.511 e. The smallest absolute Gasteiger partial charge is 0.159 e. The van der Waals surface area contributed by atoms with E-state index in [4.69, 9.17) is 33.7 Å². The van der Waals surface area contributed by atoms with E-state index < -0.39 is 0 Å². The van der Waals surface area contributed by atoms with Crippen molar-refractivity contribution in [1.82, 2.24) is 5.32 Å². The number of aliphatic hydroxyl groups excluding tert-OH is 1. The van der Waals surface area contributed by atoms with Crippen LogP contribution < -0.4 is 15.8 Å². The monoisotopic (exact) mass is 356 g/mol. The first-order valence-corrected chi connectivity index (χ1v) is 8.86. The van der Waals surface area contributed by atoms with Crippen LogP contribution in [0, 0.1) is 5.92 Å². The lowest BCUT2D eigenvalue weighted by molar-refractivity contribution is 0.105. The van der Waals surface area contributed by atoms with E-state index in [2.05, 4.69) is 5.32 Å². The first-order valence-electron chi connectivity index (χ1n) is 8.11. The van der Waals surface area contributed by atoms with E-state index in [1.165, 1.54) is 19.3 Å². The summed E-state index contributed by atoms with van der Waals surface area (Å²) >= 11 is 12.4. The topological polar surface area (TPSA) is 67.5 Å². The van der Waals surface area contributed by atoms with Crippen molar-refractivity contribution in [1.29, 1.82) is 0 Å². The first-order chi connectivity index (χ1) is 11.0. The Morgan fingerprint density at radius 1 is 1.13 bits per heavy atom. The molecule has 4 nitrogen and oxygen atoms in total. The Kier molecular flexibility index (Phi) is 5.24. The van der Waals surface area contributed by atoms with Crippen molar-refractivity contribution < 1.29 is 9.84 Å². The molecule has 1 fully saturated rings. The van der Waals surface area contributed by atoms with E-state index in [9.17, 15) is 5.11 Å². The number of nitrogens with one attached hydrogen (secondary N) is 1. The van der Waals surface area contributed by atoms with E-state index in [1.807, 2.05) is 6.08 Å². The number of ether oxygens (including phenoxy) is 1. The highest BCUT2D eigenvalue weighted by Gasteiger charge is 2.32. The number of benzene rings is 1. The molecule has 1 aromatic carbocycles. The molecular weight excluding hydrogens is 335 g/mol. The third-order valence-electron chi connectivity index (χ3n) is 4.63. The predicted molar refractivity (Wildman–Crippen MR) is 94.1 cm³/mol. The highest BCUT2D eigenvalue weighted by Crippen LogP contribution is 2.37. The van der Waals surface area contributed by atoms with Crippen LogP contribution >= 0.6 is 23.2 Å². The van der Waals surface area contributed by atoms with Crippen molar-refractivity contribution >= 4 is 28.9 Å². The highest BCUT2D eigenvalue weighted by atomic mass is 35.5. The van der Waals surface area contributed by atoms with Gasteiger partial charge in [0.15, 0.2) is 12.0 Å². The summed E-state index contributed by atoms with van der Waals surface area (Å²) in [7, 11) is 0. The second-order valence-electron chi connectivity index (χ2n) is 6.33. The van der Waals surface area contributed by atoms with Gasteiger partial charge in [-0.15, -0.1) is 0 Å². The van der Waals surface area contributed by atoms with E-state index in [-0.39, 0.29) is 12.3 Å². The van der Waals surface area contributed by atoms with E-state index in [0.717, 1.165) is 12.8 Å². The number of hydrogen-bond donors (Lipinski definition) is 3. The van der Waals surface area contributed by atoms with Gasteiger partial charge >= 0.3 is 0 Å². The zero-order valence-corrected chi connectivity index (χ0v) is 14.4. The molecule has 2 aliphatic rings. The Bertz CT molecular complexity index is 577. The SMILES string of the molecule is Nc1cc(Cl)c(OC2CC=C(O)C(C3CCCCC3)N2)c(Cl)c1. The molecule has 23 heavy (non-hydrogen) atoms. The number of anilines is 1. The van der Waals surface area contributed by atoms with Crippen LogP contribution in [0.15, 0.2) is 24.0 Å². The van der Waals surface area contributed by atoms with Gasteiger partial charge in [0.1, 0.15) is 5.76 Å². The van der Waals surface area contributed by atoms with Crippen LogP contribution in [0.1, 0.15) is 38.5 Å². The average Bonchev–Trinajstić information content (AvgIpc) is 2.53. The fourth-order valence-corrected chi connectivity index (χ4v) is 4.06. The molecule has 3 rings (SSSR count). The number of aliphatic hydroxyl groups is 1. The van der Waals surface area contributed by atoms with Gasteiger partial charge in [-0.3, -0.25) is 5.32 Å². The maximum Gasteiger partial charge on any atom is 0.159 e. The van der Waals surface area contributed by atoms with Crippen LogP contribution in [0.25, 0.3) is 0 Å². The van der Waals surface area contributed by atoms with Gasteiger partial charge in [0, 0.05) is 12.1 Å². The summed E-state index contributed by atoms with van der Waals surface area (Å²) in [5.74, 6) is 1.30. The molecule has 0 saturated heterocycles. The van der Waals surface area contributed by atoms with Crippen molar-refractivity contribution in [2.75, 3.05) is 5.73 Å². The molecule has 0 amide bonds. The van der Waals surface area contributed by atoms with Gasteiger partial charge < -0.3 is 15.6 Å². The van der Waals surface area contributed by atoms with Gasteiger partial charge in [0.2, 0.25) is 0 Å². The maximum atomic E-state index is 10.2. The number of nitrogens with two attached hydrogens (primary N) is 1. The molecule has 0 aromatic heterocycles. The third-order valence-corrected chi connectivity index (χ3v) is 5.19. The molecule has 126 valence electrons. The third kappa shape index (κ3) is 3.87. The first kappa shape index (κ1) is 16.7. The van der Waals surface area contributed by atoms with Crippen LogP contribution in [-0.2, 0) is 0 Å². The molecule has 1 heterocycles. The molecule has 4 N–H and O–H groups in total. The second-order valence-corrected chi connectivity index (χ2v) is 7.14. The highest BCUT2D eigenvalue weighted by molar-refractivity contribution is 6.37. The maximum absolute atomic E-state index is 10.2. The fraction of sp³-hybridized carbons (Fsp3) is 0.529. The van der Waals surface area contributed by atoms with E-state index in [1.54, 1.807) is 12.1 Å². The van der Waals surface area contributed by atoms with Crippen molar-refractivity contribution in [2.45, 2.75) is 50.8 Å². The molecule has 1 aliphatic heterocycles. The van der Waals surface area contributed by atoms with Crippen molar-refractivity contribution in [3.05, 3.63) is 34.0 Å². The van der Waals surface area contributed by atoms with Crippen LogP contribution in [0.4, 0.5) is 5.69 Å². The zero-order chi connectivity index (χ0) is 16.4. The van der Waals surface area contributed by atoms with Crippen molar-refractivity contribution in [2.24, 2.45) is 5.92 Å². The van der Waals surface area contributed by atoms with Crippen LogP contribution in [0.5, 0.6) is 5.75 Å². The largest absolute Gasteiger partial charge is 0.511 e. The summed E-state index contributed by atoms with van der Waals surface area (Å²) in [4.78, 5) is 0. The quantitative estimate of drug-likeness (QED) is 0.688. The van der Waals surface area contributed by atoms with Crippen LogP contribution in [0.3, 0.4) is 0 Å². The summed E-state index contributed by atoms with van der Waals surface area (Å²) in [6.07, 6.45) is 8.11. The molecule has 0 bridgehead atoms. The van der Waals surface area contributed by atoms with Gasteiger partial charge in [-0.25, -0.2) is 0 Å². The Morgan fingerprint density at radius 2 is 1.78 bits per heavy atom. The van der Waals surface area contributed by atoms with Crippen LogP contribution in [-0.4, -0.2) is 17.4 Å². The summed E-state index contributed by atoms with van der Waals surface area (Å²) in [5, 5.41) is 14.4. The molecule has 2 atom stereocenters. The molecule has 2 unspecified atom stereocenters. The standard InChI is InChI=1S/C17H22Cl2N2O2/c18-12-8-11(20)9-13(19)17(12)23-15-7-6-14(22)16(21-15)10-4-2-1-3-5-10/h6,8-10,15-16,21-22H,1-5,7,20H2. The van der Waals surface area contributed by atoms with E-state index >= 15 is 0 Å². The molecule has 0 radical (unpaired) electrons. The minimum absolute atomic E-state index is 0.0552. The molecular formula is C17H22Cl2N2O2. The Balaban J connectivity index is 1.72. The number of halogens is 2. The molecule has 1 aromatic rings. The Hall–Kier alpha value is -1.10. The van der Waals surface area contributed by atoms with Gasteiger partial charge in [-0.05, 0) is 37.0 Å². The van der Waals surface area contributed by atoms with Crippen molar-refractivity contribution in [3.63, 3.8) is 0 Å². The lowest BCUT2D eigenvalue weighted by Gasteiger charge is -2.36. The molecule has 1 aliphatic carbocycles. The molecule has 6 heteroatoms. The van der Waals surface area contributed by atoms with E-state index in [0.29, 0.717) is 39.6 Å². The number of rotatable bonds is 3. The van der Waals surface area contributed by atoms with Gasteiger partial charge in [-0.2, -0.15) is 0 Å². The average molecular weight is 357 g/mol. The summed E-state index contributed by atoms with van der Waals surface area (Å²) in [5.41, 5.74) is 6.22.